The molecule has 0 aliphatic heterocycles. The van der Waals surface area contributed by atoms with Crippen LogP contribution in [-0.2, 0) is 4.79 Å². The van der Waals surface area contributed by atoms with Crippen LogP contribution in [0.4, 0.5) is 17.6 Å². The van der Waals surface area contributed by atoms with Crippen molar-refractivity contribution in [3.8, 4) is 28.8 Å². The minimum Gasteiger partial charge on any atom is -0.416 e. The van der Waals surface area contributed by atoms with E-state index in [0.29, 0.717) is 5.56 Å². The Kier molecular flexibility index (Phi) is 4.17. The second kappa shape index (κ2) is 6.30. The van der Waals surface area contributed by atoms with Gasteiger partial charge in [0.25, 0.3) is 5.89 Å². The lowest BCUT2D eigenvalue weighted by Gasteiger charge is -2.07. The highest BCUT2D eigenvalue weighted by molar-refractivity contribution is 5.79. The van der Waals surface area contributed by atoms with E-state index in [1.54, 1.807) is 0 Å². The first-order valence-corrected chi connectivity index (χ1v) is 6.68. The first kappa shape index (κ1) is 16.6. The third-order valence-corrected chi connectivity index (χ3v) is 2.94. The van der Waals surface area contributed by atoms with E-state index in [1.165, 1.54) is 36.4 Å². The minimum atomic E-state index is -5.18. The zero-order valence-corrected chi connectivity index (χ0v) is 12.1. The van der Waals surface area contributed by atoms with Gasteiger partial charge in [-0.15, -0.1) is 10.2 Å². The second-order valence-electron chi connectivity index (χ2n) is 4.66. The number of rotatable bonds is 3. The fourth-order valence-corrected chi connectivity index (χ4v) is 1.82. The van der Waals surface area contributed by atoms with Gasteiger partial charge in [0, 0.05) is 11.8 Å². The monoisotopic (exact) mass is 353 g/mol. The summed E-state index contributed by atoms with van der Waals surface area (Å²) in [5.74, 6) is -3.72. The molecule has 1 aromatic carbocycles. The number of alkyl halides is 3. The molecule has 2 aromatic heterocycles. The van der Waals surface area contributed by atoms with Gasteiger partial charge in [-0.25, -0.2) is 14.2 Å². The summed E-state index contributed by atoms with van der Waals surface area (Å²) in [5.41, 5.74) is 0.304. The molecule has 25 heavy (non-hydrogen) atoms. The summed E-state index contributed by atoms with van der Waals surface area (Å²) in [4.78, 5) is 14.6. The van der Waals surface area contributed by atoms with Crippen LogP contribution in [0.3, 0.4) is 0 Å². The maximum Gasteiger partial charge on any atom is 0.491 e. The highest BCUT2D eigenvalue weighted by Gasteiger charge is 2.42. The van der Waals surface area contributed by atoms with Crippen LogP contribution in [0.5, 0.6) is 5.88 Å². The molecule has 0 aliphatic rings. The highest BCUT2D eigenvalue weighted by Crippen LogP contribution is 2.30. The van der Waals surface area contributed by atoms with Crippen molar-refractivity contribution in [2.24, 2.45) is 0 Å². The van der Waals surface area contributed by atoms with Gasteiger partial charge < -0.3 is 9.15 Å². The Bertz CT molecular complexity index is 907. The summed E-state index contributed by atoms with van der Waals surface area (Å²) in [6.45, 7) is 0. The number of benzene rings is 1. The fourth-order valence-electron chi connectivity index (χ4n) is 1.82. The molecule has 6 nitrogen and oxygen atoms in total. The lowest BCUT2D eigenvalue weighted by Crippen LogP contribution is -2.28. The summed E-state index contributed by atoms with van der Waals surface area (Å²) < 4.78 is 59.5. The van der Waals surface area contributed by atoms with Crippen molar-refractivity contribution >= 4 is 5.97 Å². The third-order valence-electron chi connectivity index (χ3n) is 2.94. The van der Waals surface area contributed by atoms with Crippen molar-refractivity contribution in [3.63, 3.8) is 0 Å². The SMILES string of the molecule is O=C(Oc1ncccc1-c1nnc(-c2ccc(F)cc2)o1)C(F)(F)F. The largest absolute Gasteiger partial charge is 0.491 e. The van der Waals surface area contributed by atoms with Gasteiger partial charge in [-0.2, -0.15) is 13.2 Å². The van der Waals surface area contributed by atoms with Crippen LogP contribution < -0.4 is 4.74 Å². The van der Waals surface area contributed by atoms with Crippen LogP contribution in [0.25, 0.3) is 22.9 Å². The zero-order chi connectivity index (χ0) is 18.0. The van der Waals surface area contributed by atoms with Crippen LogP contribution in [0.2, 0.25) is 0 Å². The number of carbonyl (C=O) groups excluding carboxylic acids is 1. The van der Waals surface area contributed by atoms with Crippen LogP contribution in [0.15, 0.2) is 47.0 Å². The predicted molar refractivity (Wildman–Crippen MR) is 74.6 cm³/mol. The van der Waals surface area contributed by atoms with E-state index in [4.69, 9.17) is 4.42 Å². The van der Waals surface area contributed by atoms with Crippen molar-refractivity contribution in [2.45, 2.75) is 6.18 Å². The fraction of sp³-hybridized carbons (Fsp3) is 0.0667. The molecule has 3 rings (SSSR count). The Labute approximate surface area is 137 Å². The number of ether oxygens (including phenoxy) is 1. The van der Waals surface area contributed by atoms with E-state index in [9.17, 15) is 22.4 Å². The molecule has 0 N–H and O–H groups in total. The molecule has 2 heterocycles. The number of pyridine rings is 1. The Morgan fingerprint density at radius 2 is 1.72 bits per heavy atom. The molecule has 0 saturated carbocycles. The van der Waals surface area contributed by atoms with Crippen molar-refractivity contribution in [3.05, 3.63) is 48.4 Å². The van der Waals surface area contributed by atoms with E-state index in [-0.39, 0.29) is 17.3 Å². The van der Waals surface area contributed by atoms with Gasteiger partial charge in [0.05, 0.1) is 0 Å². The number of hydrogen-bond donors (Lipinski definition) is 0. The number of esters is 1. The van der Waals surface area contributed by atoms with Gasteiger partial charge in [0.2, 0.25) is 11.8 Å². The van der Waals surface area contributed by atoms with Crippen LogP contribution in [0, 0.1) is 5.82 Å². The molecule has 0 fully saturated rings. The molecule has 128 valence electrons. The van der Waals surface area contributed by atoms with Crippen LogP contribution in [0.1, 0.15) is 0 Å². The second-order valence-corrected chi connectivity index (χ2v) is 4.66. The quantitative estimate of drug-likeness (QED) is 0.530. The topological polar surface area (TPSA) is 78.1 Å². The van der Waals surface area contributed by atoms with Gasteiger partial charge >= 0.3 is 12.1 Å². The number of carbonyl (C=O) groups is 1. The van der Waals surface area contributed by atoms with E-state index < -0.39 is 23.8 Å². The standard InChI is InChI=1S/C15H7F4N3O3/c16-9-5-3-8(4-6-9)11-21-22-13(24-11)10-2-1-7-20-12(10)25-14(23)15(17,18)19/h1-7H. The normalized spacial score (nSPS) is 11.4. The molecule has 0 aliphatic carbocycles. The molecule has 0 radical (unpaired) electrons. The van der Waals surface area contributed by atoms with Gasteiger partial charge in [-0.3, -0.25) is 0 Å². The molecule has 10 heteroatoms. The molecule has 0 bridgehead atoms. The van der Waals surface area contributed by atoms with Crippen LogP contribution >= 0.6 is 0 Å². The minimum absolute atomic E-state index is 0.00644. The molecule has 0 amide bonds. The van der Waals surface area contributed by atoms with Gasteiger partial charge in [0.1, 0.15) is 11.4 Å². The van der Waals surface area contributed by atoms with Crippen molar-refractivity contribution in [1.29, 1.82) is 0 Å². The van der Waals surface area contributed by atoms with Gasteiger partial charge in [-0.1, -0.05) is 0 Å². The molecule has 0 atom stereocenters. The molecular formula is C15H7F4N3O3. The van der Waals surface area contributed by atoms with E-state index in [2.05, 4.69) is 19.9 Å². The average molecular weight is 353 g/mol. The predicted octanol–water partition coefficient (Wildman–Crippen LogP) is 3.41. The summed E-state index contributed by atoms with van der Waals surface area (Å²) in [6.07, 6.45) is -4.04. The maximum absolute atomic E-state index is 12.9. The molecule has 0 saturated heterocycles. The van der Waals surface area contributed by atoms with E-state index in [0.717, 1.165) is 6.20 Å². The first-order valence-electron chi connectivity index (χ1n) is 6.68. The number of halogens is 4. The lowest BCUT2D eigenvalue weighted by atomic mass is 10.2. The van der Waals surface area contributed by atoms with Gasteiger partial charge in [0.15, 0.2) is 0 Å². The molecule has 0 unspecified atom stereocenters. The van der Waals surface area contributed by atoms with Gasteiger partial charge in [-0.05, 0) is 36.4 Å². The Morgan fingerprint density at radius 1 is 1.04 bits per heavy atom. The maximum atomic E-state index is 12.9. The summed E-state index contributed by atoms with van der Waals surface area (Å²) in [7, 11) is 0. The van der Waals surface area contributed by atoms with Crippen molar-refractivity contribution in [1.82, 2.24) is 15.2 Å². The van der Waals surface area contributed by atoms with Crippen molar-refractivity contribution < 1.29 is 31.5 Å². The molecule has 3 aromatic rings. The average Bonchev–Trinajstić information content (AvgIpc) is 3.05. The first-order chi connectivity index (χ1) is 11.8. The highest BCUT2D eigenvalue weighted by atomic mass is 19.4. The zero-order valence-electron chi connectivity index (χ0n) is 12.1. The lowest BCUT2D eigenvalue weighted by molar-refractivity contribution is -0.189. The summed E-state index contributed by atoms with van der Waals surface area (Å²) in [5, 5.41) is 7.42. The summed E-state index contributed by atoms with van der Waals surface area (Å²) >= 11 is 0. The number of hydrogen-bond acceptors (Lipinski definition) is 6. The van der Waals surface area contributed by atoms with Crippen LogP contribution in [-0.4, -0.2) is 27.3 Å². The van der Waals surface area contributed by atoms with Crippen molar-refractivity contribution in [2.75, 3.05) is 0 Å². The summed E-state index contributed by atoms with van der Waals surface area (Å²) in [6, 6.07) is 7.83. The molecular weight excluding hydrogens is 346 g/mol. The van der Waals surface area contributed by atoms with E-state index in [1.807, 2.05) is 0 Å². The van der Waals surface area contributed by atoms with E-state index >= 15 is 0 Å². The Hall–Kier alpha value is -3.30. The number of aromatic nitrogens is 3. The Morgan fingerprint density at radius 3 is 2.40 bits per heavy atom. The smallest absolute Gasteiger partial charge is 0.416 e. The third kappa shape index (κ3) is 3.62. The Balaban J connectivity index is 1.93. The molecule has 0 spiro atoms. The number of nitrogens with zero attached hydrogens (tertiary/aromatic N) is 3.